The van der Waals surface area contributed by atoms with E-state index in [0.29, 0.717) is 5.92 Å². The largest absolute Gasteiger partial charge is 0.411 e. The lowest BCUT2D eigenvalue weighted by Crippen LogP contribution is -2.18. The van der Waals surface area contributed by atoms with Crippen LogP contribution in [0.15, 0.2) is 5.16 Å². The van der Waals surface area contributed by atoms with Gasteiger partial charge in [-0.15, -0.1) is 0 Å². The van der Waals surface area contributed by atoms with Crippen LogP contribution in [0.4, 0.5) is 0 Å². The van der Waals surface area contributed by atoms with Crippen molar-refractivity contribution in [1.82, 2.24) is 0 Å². The minimum absolute atomic E-state index is 0.647. The second-order valence-electron chi connectivity index (χ2n) is 3.78. The van der Waals surface area contributed by atoms with E-state index >= 15 is 0 Å². The minimum atomic E-state index is 0.647. The van der Waals surface area contributed by atoms with E-state index in [-0.39, 0.29) is 0 Å². The summed E-state index contributed by atoms with van der Waals surface area (Å²) in [5.74, 6) is 1.50. The second-order valence-corrected chi connectivity index (χ2v) is 3.78. The molecule has 0 amide bonds. The summed E-state index contributed by atoms with van der Waals surface area (Å²) in [4.78, 5) is 0. The molecule has 0 unspecified atom stereocenters. The van der Waals surface area contributed by atoms with Crippen LogP contribution in [0.2, 0.25) is 0 Å². The predicted octanol–water partition coefficient (Wildman–Crippen LogP) is 2.42. The molecule has 0 aliphatic heterocycles. The summed E-state index contributed by atoms with van der Waals surface area (Å²) < 4.78 is 0. The van der Waals surface area contributed by atoms with Crippen molar-refractivity contribution >= 4 is 5.71 Å². The average Bonchev–Trinajstić information content (AvgIpc) is 2.47. The van der Waals surface area contributed by atoms with Crippen LogP contribution in [0.3, 0.4) is 0 Å². The molecule has 0 saturated heterocycles. The molecule has 2 rings (SSSR count). The third-order valence-corrected chi connectivity index (χ3v) is 3.24. The van der Waals surface area contributed by atoms with E-state index in [4.69, 9.17) is 5.21 Å². The fourth-order valence-electron chi connectivity index (χ4n) is 2.63. The normalized spacial score (nSPS) is 40.9. The highest BCUT2D eigenvalue weighted by Gasteiger charge is 2.34. The van der Waals surface area contributed by atoms with Crippen LogP contribution in [0.25, 0.3) is 0 Å². The van der Waals surface area contributed by atoms with Gasteiger partial charge in [0.05, 0.1) is 5.71 Å². The molecule has 0 spiro atoms. The Balaban J connectivity index is 2.10. The van der Waals surface area contributed by atoms with Gasteiger partial charge in [-0.05, 0) is 31.6 Å². The van der Waals surface area contributed by atoms with Gasteiger partial charge in [0.15, 0.2) is 0 Å². The molecule has 0 aromatic heterocycles. The van der Waals surface area contributed by atoms with Gasteiger partial charge in [-0.25, -0.2) is 0 Å². The van der Waals surface area contributed by atoms with Crippen LogP contribution in [-0.2, 0) is 0 Å². The highest BCUT2D eigenvalue weighted by atomic mass is 16.4. The standard InChI is InChI=1S/C9H15NO/c11-10-9-6-5-7-3-1-2-4-8(7)9/h7-8,11H,1-6H2/b10-9-/t7-,8-/m0/s1. The molecular formula is C9H15NO. The number of hydrogen-bond donors (Lipinski definition) is 1. The molecule has 0 radical (unpaired) electrons. The van der Waals surface area contributed by atoms with Crippen molar-refractivity contribution in [3.05, 3.63) is 0 Å². The molecule has 1 N–H and O–H groups in total. The van der Waals surface area contributed by atoms with Crippen LogP contribution in [0, 0.1) is 11.8 Å². The monoisotopic (exact) mass is 153 g/mol. The zero-order valence-corrected chi connectivity index (χ0v) is 6.79. The first-order chi connectivity index (χ1) is 5.42. The molecule has 0 heterocycles. The van der Waals surface area contributed by atoms with Crippen molar-refractivity contribution in [1.29, 1.82) is 0 Å². The van der Waals surface area contributed by atoms with E-state index in [1.807, 2.05) is 0 Å². The molecule has 62 valence electrons. The topological polar surface area (TPSA) is 32.6 Å². The lowest BCUT2D eigenvalue weighted by Gasteiger charge is -2.24. The molecule has 2 aliphatic rings. The maximum Gasteiger partial charge on any atom is 0.0604 e. The fourth-order valence-corrected chi connectivity index (χ4v) is 2.63. The Morgan fingerprint density at radius 1 is 1.18 bits per heavy atom. The summed E-state index contributed by atoms with van der Waals surface area (Å²) in [5.41, 5.74) is 1.08. The lowest BCUT2D eigenvalue weighted by atomic mass is 9.81. The molecule has 2 aliphatic carbocycles. The van der Waals surface area contributed by atoms with Gasteiger partial charge in [-0.2, -0.15) is 0 Å². The first kappa shape index (κ1) is 7.14. The van der Waals surface area contributed by atoms with Crippen LogP contribution in [0.1, 0.15) is 38.5 Å². The van der Waals surface area contributed by atoms with Crippen molar-refractivity contribution < 1.29 is 5.21 Å². The van der Waals surface area contributed by atoms with Gasteiger partial charge in [0.25, 0.3) is 0 Å². The highest BCUT2D eigenvalue weighted by molar-refractivity contribution is 5.88. The van der Waals surface area contributed by atoms with Crippen molar-refractivity contribution in [2.75, 3.05) is 0 Å². The highest BCUT2D eigenvalue weighted by Crippen LogP contribution is 2.40. The van der Waals surface area contributed by atoms with E-state index in [1.54, 1.807) is 0 Å². The summed E-state index contributed by atoms with van der Waals surface area (Å²) in [6, 6.07) is 0. The molecule has 2 atom stereocenters. The Labute approximate surface area is 67.3 Å². The van der Waals surface area contributed by atoms with Crippen LogP contribution >= 0.6 is 0 Å². The Morgan fingerprint density at radius 2 is 2.00 bits per heavy atom. The zero-order chi connectivity index (χ0) is 7.68. The Kier molecular flexibility index (Phi) is 1.84. The summed E-state index contributed by atoms with van der Waals surface area (Å²) in [6.07, 6.45) is 7.67. The maximum absolute atomic E-state index is 8.69. The summed E-state index contributed by atoms with van der Waals surface area (Å²) in [6.45, 7) is 0. The molecule has 0 aromatic rings. The SMILES string of the molecule is O/N=C1/CC[C@@H]2CCCC[C@H]12. The van der Waals surface area contributed by atoms with Crippen molar-refractivity contribution in [2.45, 2.75) is 38.5 Å². The van der Waals surface area contributed by atoms with Gasteiger partial charge >= 0.3 is 0 Å². The number of hydrogen-bond acceptors (Lipinski definition) is 2. The molecule has 11 heavy (non-hydrogen) atoms. The zero-order valence-electron chi connectivity index (χ0n) is 6.79. The third-order valence-electron chi connectivity index (χ3n) is 3.24. The number of fused-ring (bicyclic) bond motifs is 1. The third kappa shape index (κ3) is 1.15. The molecule has 2 heteroatoms. The first-order valence-corrected chi connectivity index (χ1v) is 4.62. The van der Waals surface area contributed by atoms with Crippen molar-refractivity contribution in [2.24, 2.45) is 17.0 Å². The van der Waals surface area contributed by atoms with E-state index in [0.717, 1.165) is 18.1 Å². The van der Waals surface area contributed by atoms with Crippen LogP contribution in [0.5, 0.6) is 0 Å². The lowest BCUT2D eigenvalue weighted by molar-refractivity contribution is 0.294. The maximum atomic E-state index is 8.69. The summed E-state index contributed by atoms with van der Waals surface area (Å²) >= 11 is 0. The van der Waals surface area contributed by atoms with Crippen LogP contribution in [-0.4, -0.2) is 10.9 Å². The Hall–Kier alpha value is -0.530. The Morgan fingerprint density at radius 3 is 2.82 bits per heavy atom. The average molecular weight is 153 g/mol. The molecule has 2 fully saturated rings. The quantitative estimate of drug-likeness (QED) is 0.420. The number of rotatable bonds is 0. The van der Waals surface area contributed by atoms with E-state index in [9.17, 15) is 0 Å². The molecule has 2 saturated carbocycles. The molecule has 2 nitrogen and oxygen atoms in total. The second kappa shape index (κ2) is 2.84. The van der Waals surface area contributed by atoms with Gasteiger partial charge in [0.2, 0.25) is 0 Å². The summed E-state index contributed by atoms with van der Waals surface area (Å²) in [7, 11) is 0. The summed E-state index contributed by atoms with van der Waals surface area (Å²) in [5, 5.41) is 12.1. The van der Waals surface area contributed by atoms with Gasteiger partial charge < -0.3 is 5.21 Å². The van der Waals surface area contributed by atoms with E-state index in [2.05, 4.69) is 5.16 Å². The van der Waals surface area contributed by atoms with Crippen molar-refractivity contribution in [3.8, 4) is 0 Å². The number of nitrogens with zero attached hydrogens (tertiary/aromatic N) is 1. The predicted molar refractivity (Wildman–Crippen MR) is 43.9 cm³/mol. The first-order valence-electron chi connectivity index (χ1n) is 4.62. The fraction of sp³-hybridized carbons (Fsp3) is 0.889. The van der Waals surface area contributed by atoms with Crippen molar-refractivity contribution in [3.63, 3.8) is 0 Å². The van der Waals surface area contributed by atoms with Gasteiger partial charge in [-0.3, -0.25) is 0 Å². The van der Waals surface area contributed by atoms with Gasteiger partial charge in [0.1, 0.15) is 0 Å². The molecule has 0 bridgehead atoms. The molecule has 0 aromatic carbocycles. The minimum Gasteiger partial charge on any atom is -0.411 e. The Bertz CT molecular complexity index is 176. The van der Waals surface area contributed by atoms with Crippen LogP contribution < -0.4 is 0 Å². The van der Waals surface area contributed by atoms with E-state index in [1.165, 1.54) is 32.1 Å². The smallest absolute Gasteiger partial charge is 0.0604 e. The van der Waals surface area contributed by atoms with Gasteiger partial charge in [-0.1, -0.05) is 18.0 Å². The van der Waals surface area contributed by atoms with E-state index < -0.39 is 0 Å². The molecular weight excluding hydrogens is 138 g/mol. The van der Waals surface area contributed by atoms with Gasteiger partial charge in [0, 0.05) is 5.92 Å². The number of oxime groups is 1.